The highest BCUT2D eigenvalue weighted by molar-refractivity contribution is 4.52. The maximum atomic E-state index is 5.45. The van der Waals surface area contributed by atoms with Gasteiger partial charge < -0.3 is 11.5 Å². The minimum absolute atomic E-state index is 0.0971. The molecule has 0 aromatic rings. The topological polar surface area (TPSA) is 52.0 Å². The predicted octanol–water partition coefficient (Wildman–Crippen LogP) is 2.76. The summed E-state index contributed by atoms with van der Waals surface area (Å²) in [6, 6.07) is 0. The summed E-state index contributed by atoms with van der Waals surface area (Å²) in [4.78, 5) is 0. The van der Waals surface area contributed by atoms with Crippen LogP contribution in [-0.2, 0) is 0 Å². The van der Waals surface area contributed by atoms with Gasteiger partial charge in [-0.15, -0.1) is 0 Å². The van der Waals surface area contributed by atoms with E-state index in [0.29, 0.717) is 0 Å². The van der Waals surface area contributed by atoms with Gasteiger partial charge in [-0.3, -0.25) is 0 Å². The van der Waals surface area contributed by atoms with Gasteiger partial charge in [-0.05, 0) is 6.42 Å². The summed E-state index contributed by atoms with van der Waals surface area (Å²) in [7, 11) is 0. The van der Waals surface area contributed by atoms with Crippen LogP contribution in [0, 0.1) is 0 Å². The summed E-state index contributed by atoms with van der Waals surface area (Å²) in [6.45, 7) is 2.25. The van der Waals surface area contributed by atoms with Crippen molar-refractivity contribution in [1.82, 2.24) is 0 Å². The van der Waals surface area contributed by atoms with E-state index in [0.717, 1.165) is 6.42 Å². The Labute approximate surface area is 83.1 Å². The molecule has 0 amide bonds. The largest absolute Gasteiger partial charge is 0.316 e. The van der Waals surface area contributed by atoms with E-state index >= 15 is 0 Å². The van der Waals surface area contributed by atoms with Crippen molar-refractivity contribution in [2.24, 2.45) is 11.5 Å². The normalized spacial score (nSPS) is 11.1. The second-order valence-electron chi connectivity index (χ2n) is 3.93. The molecule has 0 unspecified atom stereocenters. The second kappa shape index (κ2) is 10.0. The van der Waals surface area contributed by atoms with Crippen LogP contribution in [0.15, 0.2) is 0 Å². The molecule has 0 aliphatic heterocycles. The van der Waals surface area contributed by atoms with E-state index < -0.39 is 0 Å². The standard InChI is InChI=1S/C11H26N2/c1-2-3-4-5-6-7-8-9-10-11(12)13/h11H,2-10,12-13H2,1H3. The smallest absolute Gasteiger partial charge is 0.0520 e. The van der Waals surface area contributed by atoms with Crippen molar-refractivity contribution in [3.05, 3.63) is 0 Å². The Hall–Kier alpha value is -0.0800. The molecule has 0 bridgehead atoms. The van der Waals surface area contributed by atoms with Crippen molar-refractivity contribution in [1.29, 1.82) is 0 Å². The number of unbranched alkanes of at least 4 members (excludes halogenated alkanes) is 7. The number of rotatable bonds is 9. The highest BCUT2D eigenvalue weighted by atomic mass is 14.8. The third-order valence-corrected chi connectivity index (χ3v) is 2.39. The molecule has 0 saturated heterocycles. The molecule has 0 aromatic heterocycles. The average Bonchev–Trinajstić information content (AvgIpc) is 2.09. The molecule has 0 spiro atoms. The van der Waals surface area contributed by atoms with Crippen molar-refractivity contribution in [3.63, 3.8) is 0 Å². The zero-order chi connectivity index (χ0) is 9.94. The van der Waals surface area contributed by atoms with E-state index in [2.05, 4.69) is 6.92 Å². The molecular formula is C11H26N2. The van der Waals surface area contributed by atoms with Gasteiger partial charge in [0, 0.05) is 0 Å². The summed E-state index contributed by atoms with van der Waals surface area (Å²) in [5.41, 5.74) is 10.9. The van der Waals surface area contributed by atoms with Gasteiger partial charge in [0.1, 0.15) is 0 Å². The molecule has 2 nitrogen and oxygen atoms in total. The molecule has 0 fully saturated rings. The second-order valence-corrected chi connectivity index (χ2v) is 3.93. The maximum Gasteiger partial charge on any atom is 0.0520 e. The minimum atomic E-state index is -0.0971. The lowest BCUT2D eigenvalue weighted by Crippen LogP contribution is -2.29. The lowest BCUT2D eigenvalue weighted by molar-refractivity contribution is 0.534. The van der Waals surface area contributed by atoms with Crippen LogP contribution in [0.25, 0.3) is 0 Å². The summed E-state index contributed by atoms with van der Waals surface area (Å²) in [6.07, 6.45) is 11.7. The van der Waals surface area contributed by atoms with Gasteiger partial charge >= 0.3 is 0 Å². The van der Waals surface area contributed by atoms with Crippen molar-refractivity contribution in [3.8, 4) is 0 Å². The monoisotopic (exact) mass is 186 g/mol. The van der Waals surface area contributed by atoms with Crippen LogP contribution >= 0.6 is 0 Å². The molecule has 2 heteroatoms. The zero-order valence-electron chi connectivity index (χ0n) is 9.10. The molecule has 0 heterocycles. The van der Waals surface area contributed by atoms with Crippen molar-refractivity contribution in [2.45, 2.75) is 70.9 Å². The Morgan fingerprint density at radius 3 is 1.69 bits per heavy atom. The number of hydrogen-bond donors (Lipinski definition) is 2. The van der Waals surface area contributed by atoms with Crippen LogP contribution in [0.3, 0.4) is 0 Å². The first kappa shape index (κ1) is 12.9. The van der Waals surface area contributed by atoms with Gasteiger partial charge in [0.25, 0.3) is 0 Å². The third-order valence-electron chi connectivity index (χ3n) is 2.39. The third kappa shape index (κ3) is 11.9. The lowest BCUT2D eigenvalue weighted by atomic mass is 10.1. The van der Waals surface area contributed by atoms with Crippen molar-refractivity contribution in [2.75, 3.05) is 0 Å². The fourth-order valence-corrected chi connectivity index (χ4v) is 1.51. The summed E-state index contributed by atoms with van der Waals surface area (Å²) in [5.74, 6) is 0. The molecule has 0 saturated carbocycles. The van der Waals surface area contributed by atoms with Gasteiger partial charge in [0.2, 0.25) is 0 Å². The maximum absolute atomic E-state index is 5.45. The summed E-state index contributed by atoms with van der Waals surface area (Å²) >= 11 is 0. The van der Waals surface area contributed by atoms with Crippen LogP contribution < -0.4 is 11.5 Å². The first-order valence-electron chi connectivity index (χ1n) is 5.78. The Bertz CT molecular complexity index is 92.1. The average molecular weight is 186 g/mol. The first-order chi connectivity index (χ1) is 6.27. The Morgan fingerprint density at radius 2 is 1.23 bits per heavy atom. The van der Waals surface area contributed by atoms with E-state index in [-0.39, 0.29) is 6.17 Å². The van der Waals surface area contributed by atoms with Crippen molar-refractivity contribution < 1.29 is 0 Å². The molecule has 0 aliphatic rings. The van der Waals surface area contributed by atoms with Crippen LogP contribution in [0.4, 0.5) is 0 Å². The summed E-state index contributed by atoms with van der Waals surface area (Å²) in [5, 5.41) is 0. The van der Waals surface area contributed by atoms with E-state index in [9.17, 15) is 0 Å². The fourth-order valence-electron chi connectivity index (χ4n) is 1.51. The quantitative estimate of drug-likeness (QED) is 0.430. The Morgan fingerprint density at radius 1 is 0.769 bits per heavy atom. The Balaban J connectivity index is 2.84. The predicted molar refractivity (Wildman–Crippen MR) is 59.4 cm³/mol. The first-order valence-corrected chi connectivity index (χ1v) is 5.78. The van der Waals surface area contributed by atoms with Crippen LogP contribution in [0.1, 0.15) is 64.7 Å². The van der Waals surface area contributed by atoms with E-state index in [1.165, 1.54) is 51.4 Å². The fraction of sp³-hybridized carbons (Fsp3) is 1.00. The SMILES string of the molecule is CCCCCCCCCCC(N)N. The number of hydrogen-bond acceptors (Lipinski definition) is 2. The lowest BCUT2D eigenvalue weighted by Gasteiger charge is -2.04. The highest BCUT2D eigenvalue weighted by Gasteiger charge is 1.94. The molecule has 4 N–H and O–H groups in total. The molecule has 80 valence electrons. The van der Waals surface area contributed by atoms with Crippen LogP contribution in [0.5, 0.6) is 0 Å². The Kier molecular flexibility index (Phi) is 9.94. The van der Waals surface area contributed by atoms with E-state index in [4.69, 9.17) is 11.5 Å². The van der Waals surface area contributed by atoms with E-state index in [1.807, 2.05) is 0 Å². The van der Waals surface area contributed by atoms with Gasteiger partial charge in [0.05, 0.1) is 6.17 Å². The molecule has 13 heavy (non-hydrogen) atoms. The molecule has 0 aliphatic carbocycles. The molecule has 0 atom stereocenters. The van der Waals surface area contributed by atoms with Crippen LogP contribution in [0.2, 0.25) is 0 Å². The minimum Gasteiger partial charge on any atom is -0.316 e. The molecular weight excluding hydrogens is 160 g/mol. The number of nitrogens with two attached hydrogens (primary N) is 2. The van der Waals surface area contributed by atoms with Gasteiger partial charge in [0.15, 0.2) is 0 Å². The zero-order valence-corrected chi connectivity index (χ0v) is 9.10. The van der Waals surface area contributed by atoms with Gasteiger partial charge in [-0.25, -0.2) is 0 Å². The molecule has 0 aromatic carbocycles. The van der Waals surface area contributed by atoms with E-state index in [1.54, 1.807) is 0 Å². The molecule has 0 radical (unpaired) electrons. The van der Waals surface area contributed by atoms with Gasteiger partial charge in [-0.1, -0.05) is 58.3 Å². The summed E-state index contributed by atoms with van der Waals surface area (Å²) < 4.78 is 0. The van der Waals surface area contributed by atoms with Crippen molar-refractivity contribution >= 4 is 0 Å². The highest BCUT2D eigenvalue weighted by Crippen LogP contribution is 2.09. The molecule has 0 rings (SSSR count). The van der Waals surface area contributed by atoms with Crippen LogP contribution in [-0.4, -0.2) is 6.17 Å². The van der Waals surface area contributed by atoms with Gasteiger partial charge in [-0.2, -0.15) is 0 Å².